The van der Waals surface area contributed by atoms with Crippen molar-refractivity contribution in [3.63, 3.8) is 0 Å². The van der Waals surface area contributed by atoms with Gasteiger partial charge in [-0.25, -0.2) is 6.57 Å². The first-order valence-corrected chi connectivity index (χ1v) is 4.07. The molecular formula is C9H15N. The van der Waals surface area contributed by atoms with Crippen LogP contribution in [0.5, 0.6) is 0 Å². The lowest BCUT2D eigenvalue weighted by molar-refractivity contribution is 0.519. The summed E-state index contributed by atoms with van der Waals surface area (Å²) in [5.74, 6) is 0.763. The Morgan fingerprint density at radius 3 is 2.40 bits per heavy atom. The van der Waals surface area contributed by atoms with Crippen LogP contribution in [0, 0.1) is 12.5 Å². The maximum atomic E-state index is 6.94. The molecule has 0 radical (unpaired) electrons. The molecule has 0 atom stereocenters. The minimum atomic E-state index is 0.115. The highest BCUT2D eigenvalue weighted by Crippen LogP contribution is 2.44. The molecule has 0 aromatic heterocycles. The van der Waals surface area contributed by atoms with Gasteiger partial charge in [-0.3, -0.25) is 0 Å². The summed E-state index contributed by atoms with van der Waals surface area (Å²) < 4.78 is 0. The van der Waals surface area contributed by atoms with Crippen molar-refractivity contribution in [2.45, 2.75) is 45.1 Å². The molecule has 0 aromatic carbocycles. The second-order valence-electron chi connectivity index (χ2n) is 3.77. The van der Waals surface area contributed by atoms with Crippen LogP contribution in [-0.4, -0.2) is 5.54 Å². The van der Waals surface area contributed by atoms with Crippen molar-refractivity contribution in [1.82, 2.24) is 0 Å². The summed E-state index contributed by atoms with van der Waals surface area (Å²) in [5, 5.41) is 0. The third-order valence-electron chi connectivity index (χ3n) is 2.25. The van der Waals surface area contributed by atoms with Crippen molar-refractivity contribution in [2.75, 3.05) is 0 Å². The molecule has 10 heavy (non-hydrogen) atoms. The maximum absolute atomic E-state index is 6.94. The van der Waals surface area contributed by atoms with Crippen LogP contribution in [0.15, 0.2) is 0 Å². The summed E-state index contributed by atoms with van der Waals surface area (Å²) in [6, 6.07) is 0. The van der Waals surface area contributed by atoms with Crippen molar-refractivity contribution in [3.8, 4) is 0 Å². The van der Waals surface area contributed by atoms with Crippen LogP contribution in [0.2, 0.25) is 0 Å². The Hall–Kier alpha value is -0.510. The van der Waals surface area contributed by atoms with Gasteiger partial charge in [0.1, 0.15) is 0 Å². The van der Waals surface area contributed by atoms with E-state index in [2.05, 4.69) is 18.7 Å². The van der Waals surface area contributed by atoms with E-state index < -0.39 is 0 Å². The molecule has 1 saturated carbocycles. The Morgan fingerprint density at radius 1 is 1.50 bits per heavy atom. The van der Waals surface area contributed by atoms with Gasteiger partial charge in [0.2, 0.25) is 5.54 Å². The monoisotopic (exact) mass is 137 g/mol. The Bertz CT molecular complexity index is 149. The number of hydrogen-bond acceptors (Lipinski definition) is 0. The van der Waals surface area contributed by atoms with E-state index in [1.807, 2.05) is 0 Å². The standard InChI is InChI=1S/C9H15N/c1-8(2)4-5-9(10-3)6-7-9/h8H,4-7H2,1-2H3. The van der Waals surface area contributed by atoms with Crippen LogP contribution in [0.1, 0.15) is 39.5 Å². The van der Waals surface area contributed by atoms with Gasteiger partial charge in [0.25, 0.3) is 0 Å². The molecule has 0 heterocycles. The van der Waals surface area contributed by atoms with Gasteiger partial charge in [0.05, 0.1) is 0 Å². The molecular weight excluding hydrogens is 122 g/mol. The van der Waals surface area contributed by atoms with Crippen LogP contribution in [-0.2, 0) is 0 Å². The average molecular weight is 137 g/mol. The summed E-state index contributed by atoms with van der Waals surface area (Å²) in [6.45, 7) is 11.4. The molecule has 0 amide bonds. The molecule has 0 aromatic rings. The second-order valence-corrected chi connectivity index (χ2v) is 3.77. The van der Waals surface area contributed by atoms with E-state index in [1.165, 1.54) is 6.42 Å². The van der Waals surface area contributed by atoms with E-state index in [4.69, 9.17) is 6.57 Å². The van der Waals surface area contributed by atoms with Crippen molar-refractivity contribution in [3.05, 3.63) is 11.4 Å². The molecule has 56 valence electrons. The van der Waals surface area contributed by atoms with Crippen molar-refractivity contribution >= 4 is 0 Å². The molecule has 0 N–H and O–H groups in total. The van der Waals surface area contributed by atoms with Crippen LogP contribution in [0.25, 0.3) is 4.85 Å². The third kappa shape index (κ3) is 1.73. The van der Waals surface area contributed by atoms with Crippen molar-refractivity contribution in [2.24, 2.45) is 5.92 Å². The van der Waals surface area contributed by atoms with Gasteiger partial charge in [-0.05, 0) is 12.3 Å². The fourth-order valence-corrected chi connectivity index (χ4v) is 1.12. The van der Waals surface area contributed by atoms with Gasteiger partial charge >= 0.3 is 0 Å². The smallest absolute Gasteiger partial charge is 0.233 e. The average Bonchev–Trinajstić information content (AvgIpc) is 2.64. The zero-order chi connectivity index (χ0) is 7.61. The fourth-order valence-electron chi connectivity index (χ4n) is 1.12. The van der Waals surface area contributed by atoms with Crippen LogP contribution >= 0.6 is 0 Å². The first kappa shape index (κ1) is 7.60. The molecule has 0 aliphatic heterocycles. The lowest BCUT2D eigenvalue weighted by Gasteiger charge is -2.04. The Labute approximate surface area is 63.3 Å². The molecule has 1 heteroatoms. The second kappa shape index (κ2) is 2.62. The summed E-state index contributed by atoms with van der Waals surface area (Å²) >= 11 is 0. The molecule has 0 spiro atoms. The van der Waals surface area contributed by atoms with Gasteiger partial charge in [0.15, 0.2) is 0 Å². The van der Waals surface area contributed by atoms with E-state index >= 15 is 0 Å². The van der Waals surface area contributed by atoms with E-state index in [-0.39, 0.29) is 5.54 Å². The predicted molar refractivity (Wildman–Crippen MR) is 42.6 cm³/mol. The molecule has 0 bridgehead atoms. The highest BCUT2D eigenvalue weighted by atomic mass is 14.9. The molecule has 1 fully saturated rings. The fraction of sp³-hybridized carbons (Fsp3) is 0.889. The van der Waals surface area contributed by atoms with Crippen LogP contribution in [0.4, 0.5) is 0 Å². The molecule has 0 unspecified atom stereocenters. The minimum absolute atomic E-state index is 0.115. The van der Waals surface area contributed by atoms with E-state index in [0.29, 0.717) is 0 Å². The Balaban J connectivity index is 2.21. The molecule has 1 rings (SSSR count). The normalized spacial score (nSPS) is 20.6. The van der Waals surface area contributed by atoms with Gasteiger partial charge in [-0.15, -0.1) is 0 Å². The quantitative estimate of drug-likeness (QED) is 0.527. The first-order valence-electron chi connectivity index (χ1n) is 4.07. The van der Waals surface area contributed by atoms with E-state index in [9.17, 15) is 0 Å². The summed E-state index contributed by atoms with van der Waals surface area (Å²) in [6.07, 6.45) is 4.67. The molecule has 0 saturated heterocycles. The van der Waals surface area contributed by atoms with Crippen molar-refractivity contribution in [1.29, 1.82) is 0 Å². The lowest BCUT2D eigenvalue weighted by atomic mass is 10.0. The maximum Gasteiger partial charge on any atom is 0.233 e. The van der Waals surface area contributed by atoms with Gasteiger partial charge in [-0.1, -0.05) is 13.8 Å². The van der Waals surface area contributed by atoms with Gasteiger partial charge < -0.3 is 4.85 Å². The molecule has 1 aliphatic carbocycles. The van der Waals surface area contributed by atoms with Gasteiger partial charge in [-0.2, -0.15) is 0 Å². The number of nitrogens with zero attached hydrogens (tertiary/aromatic N) is 1. The Morgan fingerprint density at radius 2 is 2.10 bits per heavy atom. The third-order valence-corrected chi connectivity index (χ3v) is 2.25. The van der Waals surface area contributed by atoms with Crippen LogP contribution in [0.3, 0.4) is 0 Å². The predicted octanol–water partition coefficient (Wildman–Crippen LogP) is 2.87. The van der Waals surface area contributed by atoms with Crippen LogP contribution < -0.4 is 0 Å². The SMILES string of the molecule is [C-]#[N+]C1(CCC(C)C)CC1. The zero-order valence-corrected chi connectivity index (χ0v) is 6.85. The largest absolute Gasteiger partial charge is 0.310 e. The zero-order valence-electron chi connectivity index (χ0n) is 6.85. The Kier molecular flexibility index (Phi) is 1.99. The summed E-state index contributed by atoms with van der Waals surface area (Å²) in [5.41, 5.74) is 0.115. The number of rotatable bonds is 3. The van der Waals surface area contributed by atoms with E-state index in [0.717, 1.165) is 25.2 Å². The first-order chi connectivity index (χ1) is 4.68. The minimum Gasteiger partial charge on any atom is -0.310 e. The topological polar surface area (TPSA) is 4.36 Å². The highest BCUT2D eigenvalue weighted by molar-refractivity contribution is 5.10. The summed E-state index contributed by atoms with van der Waals surface area (Å²) in [4.78, 5) is 3.65. The molecule has 1 nitrogen and oxygen atoms in total. The highest BCUT2D eigenvalue weighted by Gasteiger charge is 2.49. The molecule has 1 aliphatic rings. The van der Waals surface area contributed by atoms with Gasteiger partial charge in [0, 0.05) is 19.3 Å². The van der Waals surface area contributed by atoms with E-state index in [1.54, 1.807) is 0 Å². The lowest BCUT2D eigenvalue weighted by Crippen LogP contribution is -2.02. The summed E-state index contributed by atoms with van der Waals surface area (Å²) in [7, 11) is 0. The number of hydrogen-bond donors (Lipinski definition) is 0. The van der Waals surface area contributed by atoms with Crippen molar-refractivity contribution < 1.29 is 0 Å².